The van der Waals surface area contributed by atoms with E-state index in [-0.39, 0.29) is 12.5 Å². The first-order valence-electron chi connectivity index (χ1n) is 9.76. The van der Waals surface area contributed by atoms with Gasteiger partial charge in [0.25, 0.3) is 5.91 Å². The largest absolute Gasteiger partial charge is 0.484 e. The first-order valence-corrected chi connectivity index (χ1v) is 9.76. The third kappa shape index (κ3) is 5.42. The quantitative estimate of drug-likeness (QED) is 0.462. The summed E-state index contributed by atoms with van der Waals surface area (Å²) in [5, 5.41) is 6.09. The molecule has 2 heterocycles. The molecule has 1 amide bonds. The highest BCUT2D eigenvalue weighted by molar-refractivity contribution is 5.95. The Morgan fingerprint density at radius 1 is 0.968 bits per heavy atom. The molecule has 0 fully saturated rings. The van der Waals surface area contributed by atoms with E-state index >= 15 is 0 Å². The van der Waals surface area contributed by atoms with Crippen molar-refractivity contribution in [3.63, 3.8) is 0 Å². The molecule has 154 valence electrons. The molecular weight excluding hydrogens is 390 g/mol. The molecule has 0 radical (unpaired) electrons. The fraction of sp³-hybridized carbons (Fsp3) is 0.0833. The summed E-state index contributed by atoms with van der Waals surface area (Å²) in [6.45, 7) is 1.88. The van der Waals surface area contributed by atoms with Crippen LogP contribution >= 0.6 is 0 Å². The zero-order valence-corrected chi connectivity index (χ0v) is 16.9. The predicted octanol–water partition coefficient (Wildman–Crippen LogP) is 4.61. The molecule has 2 aromatic carbocycles. The smallest absolute Gasteiger partial charge is 0.262 e. The number of ether oxygens (including phenoxy) is 1. The van der Waals surface area contributed by atoms with Gasteiger partial charge in [0.15, 0.2) is 6.61 Å². The number of aryl methyl sites for hydroxylation is 1. The van der Waals surface area contributed by atoms with E-state index in [1.165, 1.54) is 0 Å². The third-order valence-electron chi connectivity index (χ3n) is 4.42. The van der Waals surface area contributed by atoms with Crippen molar-refractivity contribution < 1.29 is 9.53 Å². The Kier molecular flexibility index (Phi) is 6.13. The van der Waals surface area contributed by atoms with E-state index in [2.05, 4.69) is 25.6 Å². The van der Waals surface area contributed by atoms with Crippen LogP contribution in [0.15, 0.2) is 85.3 Å². The van der Waals surface area contributed by atoms with Gasteiger partial charge in [0, 0.05) is 24.2 Å². The van der Waals surface area contributed by atoms with Gasteiger partial charge in [0.2, 0.25) is 5.95 Å². The zero-order chi connectivity index (χ0) is 21.5. The minimum Gasteiger partial charge on any atom is -0.484 e. The minimum atomic E-state index is -0.263. The molecule has 2 aromatic heterocycles. The number of nitrogens with one attached hydrogen (secondary N) is 2. The fourth-order valence-corrected chi connectivity index (χ4v) is 2.94. The van der Waals surface area contributed by atoms with Crippen molar-refractivity contribution in [2.75, 3.05) is 17.2 Å². The van der Waals surface area contributed by atoms with Crippen molar-refractivity contribution in [3.05, 3.63) is 90.9 Å². The van der Waals surface area contributed by atoms with E-state index in [1.807, 2.05) is 61.5 Å². The van der Waals surface area contributed by atoms with Crippen molar-refractivity contribution in [3.8, 4) is 17.0 Å². The van der Waals surface area contributed by atoms with Crippen molar-refractivity contribution in [2.24, 2.45) is 0 Å². The molecule has 0 saturated heterocycles. The van der Waals surface area contributed by atoms with Crippen LogP contribution in [0, 0.1) is 6.92 Å². The number of para-hydroxylation sites is 1. The number of aromatic nitrogens is 3. The van der Waals surface area contributed by atoms with E-state index in [0.717, 1.165) is 16.8 Å². The summed E-state index contributed by atoms with van der Waals surface area (Å²) in [6.07, 6.45) is 5.14. The summed E-state index contributed by atoms with van der Waals surface area (Å²) >= 11 is 0. The Balaban J connectivity index is 1.49. The molecule has 7 nitrogen and oxygen atoms in total. The summed E-state index contributed by atoms with van der Waals surface area (Å²) < 4.78 is 5.52. The van der Waals surface area contributed by atoms with Crippen molar-refractivity contribution in [2.45, 2.75) is 6.92 Å². The second kappa shape index (κ2) is 9.49. The van der Waals surface area contributed by atoms with Gasteiger partial charge in [-0.05, 0) is 55.0 Å². The highest BCUT2D eigenvalue weighted by atomic mass is 16.5. The van der Waals surface area contributed by atoms with Crippen LogP contribution in [0.25, 0.3) is 11.3 Å². The lowest BCUT2D eigenvalue weighted by Gasteiger charge is -2.14. The van der Waals surface area contributed by atoms with Gasteiger partial charge in [-0.1, -0.05) is 24.3 Å². The summed E-state index contributed by atoms with van der Waals surface area (Å²) in [4.78, 5) is 25.4. The summed E-state index contributed by atoms with van der Waals surface area (Å²) in [7, 11) is 0. The van der Waals surface area contributed by atoms with Crippen LogP contribution in [0.2, 0.25) is 0 Å². The highest BCUT2D eigenvalue weighted by Gasteiger charge is 2.10. The highest BCUT2D eigenvalue weighted by Crippen LogP contribution is 2.26. The number of anilines is 3. The first-order chi connectivity index (χ1) is 15.2. The number of amides is 1. The Morgan fingerprint density at radius 3 is 2.65 bits per heavy atom. The molecule has 0 aliphatic rings. The molecule has 2 N–H and O–H groups in total. The van der Waals surface area contributed by atoms with E-state index in [4.69, 9.17) is 4.74 Å². The maximum atomic E-state index is 12.4. The average molecular weight is 411 g/mol. The number of benzene rings is 2. The molecule has 4 aromatic rings. The van der Waals surface area contributed by atoms with Gasteiger partial charge in [-0.2, -0.15) is 0 Å². The third-order valence-corrected chi connectivity index (χ3v) is 4.42. The number of hydrogen-bond donors (Lipinski definition) is 2. The van der Waals surface area contributed by atoms with Gasteiger partial charge in [0.1, 0.15) is 5.75 Å². The SMILES string of the molecule is Cc1ccc(NC(=O)COc2ccccc2)c(Nc2nccc(-c3cccnc3)n2)c1. The van der Waals surface area contributed by atoms with E-state index in [9.17, 15) is 4.79 Å². The van der Waals surface area contributed by atoms with Crippen LogP contribution in [-0.2, 0) is 4.79 Å². The molecule has 7 heteroatoms. The van der Waals surface area contributed by atoms with E-state index in [0.29, 0.717) is 23.1 Å². The van der Waals surface area contributed by atoms with Crippen LogP contribution in [0.1, 0.15) is 5.56 Å². The topological polar surface area (TPSA) is 89.0 Å². The lowest BCUT2D eigenvalue weighted by Crippen LogP contribution is -2.20. The summed E-state index contributed by atoms with van der Waals surface area (Å²) in [5.74, 6) is 0.796. The first kappa shape index (κ1) is 20.0. The molecule has 4 rings (SSSR count). The van der Waals surface area contributed by atoms with Crippen LogP contribution in [0.5, 0.6) is 5.75 Å². The van der Waals surface area contributed by atoms with Crippen molar-refractivity contribution in [1.82, 2.24) is 15.0 Å². The average Bonchev–Trinajstić information content (AvgIpc) is 2.81. The number of nitrogens with zero attached hydrogens (tertiary/aromatic N) is 3. The predicted molar refractivity (Wildman–Crippen MR) is 120 cm³/mol. The Hall–Kier alpha value is -4.26. The van der Waals surface area contributed by atoms with E-state index in [1.54, 1.807) is 30.7 Å². The monoisotopic (exact) mass is 411 g/mol. The second-order valence-corrected chi connectivity index (χ2v) is 6.83. The fourth-order valence-electron chi connectivity index (χ4n) is 2.94. The Labute approximate surface area is 180 Å². The Morgan fingerprint density at radius 2 is 1.84 bits per heavy atom. The normalized spacial score (nSPS) is 10.4. The standard InChI is InChI=1S/C24H21N5O2/c1-17-9-10-21(27-23(30)16-31-19-7-3-2-4-8-19)22(14-17)29-24-26-13-11-20(28-24)18-6-5-12-25-15-18/h2-15H,16H2,1H3,(H,27,30)(H,26,28,29). The van der Waals surface area contributed by atoms with Gasteiger partial charge in [-0.3, -0.25) is 9.78 Å². The molecule has 0 spiro atoms. The molecule has 0 unspecified atom stereocenters. The van der Waals surface area contributed by atoms with Crippen LogP contribution < -0.4 is 15.4 Å². The number of hydrogen-bond acceptors (Lipinski definition) is 6. The Bertz CT molecular complexity index is 1170. The van der Waals surface area contributed by atoms with Crippen molar-refractivity contribution in [1.29, 1.82) is 0 Å². The molecule has 31 heavy (non-hydrogen) atoms. The molecule has 0 bridgehead atoms. The number of pyridine rings is 1. The number of rotatable bonds is 7. The molecule has 0 saturated carbocycles. The van der Waals surface area contributed by atoms with Gasteiger partial charge in [0.05, 0.1) is 17.1 Å². The molecule has 0 aliphatic carbocycles. The van der Waals surface area contributed by atoms with Gasteiger partial charge in [-0.15, -0.1) is 0 Å². The molecular formula is C24H21N5O2. The lowest BCUT2D eigenvalue weighted by atomic mass is 10.2. The van der Waals surface area contributed by atoms with Gasteiger partial charge < -0.3 is 15.4 Å². The van der Waals surface area contributed by atoms with Crippen LogP contribution in [0.3, 0.4) is 0 Å². The number of carbonyl (C=O) groups excluding carboxylic acids is 1. The van der Waals surface area contributed by atoms with Gasteiger partial charge >= 0.3 is 0 Å². The maximum absolute atomic E-state index is 12.4. The second-order valence-electron chi connectivity index (χ2n) is 6.83. The maximum Gasteiger partial charge on any atom is 0.262 e. The summed E-state index contributed by atoms with van der Waals surface area (Å²) in [5.41, 5.74) is 3.98. The van der Waals surface area contributed by atoms with Crippen LogP contribution in [-0.4, -0.2) is 27.5 Å². The summed E-state index contributed by atoms with van der Waals surface area (Å²) in [6, 6.07) is 20.5. The molecule has 0 atom stereocenters. The molecule has 0 aliphatic heterocycles. The van der Waals surface area contributed by atoms with Gasteiger partial charge in [-0.25, -0.2) is 9.97 Å². The lowest BCUT2D eigenvalue weighted by molar-refractivity contribution is -0.118. The van der Waals surface area contributed by atoms with Crippen LogP contribution in [0.4, 0.5) is 17.3 Å². The number of carbonyl (C=O) groups is 1. The minimum absolute atomic E-state index is 0.0929. The van der Waals surface area contributed by atoms with E-state index < -0.39 is 0 Å². The van der Waals surface area contributed by atoms with Crippen molar-refractivity contribution >= 4 is 23.2 Å². The zero-order valence-electron chi connectivity index (χ0n) is 16.9.